The van der Waals surface area contributed by atoms with Crippen LogP contribution >= 0.6 is 0 Å². The molecule has 62 valence electrons. The van der Waals surface area contributed by atoms with Crippen LogP contribution < -0.4 is 5.73 Å². The van der Waals surface area contributed by atoms with Crippen molar-refractivity contribution in [3.05, 3.63) is 0 Å². The summed E-state index contributed by atoms with van der Waals surface area (Å²) in [6, 6.07) is -0.481. The number of hydrogen-bond acceptors (Lipinski definition) is 5. The molecular weight excluding hydrogens is 158 g/mol. The van der Waals surface area contributed by atoms with Gasteiger partial charge in [0.1, 0.15) is 0 Å². The van der Waals surface area contributed by atoms with Gasteiger partial charge in [-0.25, -0.2) is 0 Å². The molecule has 0 aromatic heterocycles. The van der Waals surface area contributed by atoms with Crippen LogP contribution in [0.5, 0.6) is 0 Å². The van der Waals surface area contributed by atoms with E-state index in [1.807, 2.05) is 0 Å². The molecule has 0 saturated carbocycles. The lowest BCUT2D eigenvalue weighted by molar-refractivity contribution is -0.0614. The van der Waals surface area contributed by atoms with E-state index in [1.165, 1.54) is 6.92 Å². The fraction of sp³-hybridized carbons (Fsp3) is 0.750. The molecular formula is C4H6F2N4O. The molecule has 0 bridgehead atoms. The molecule has 1 aliphatic rings. The molecule has 0 amide bonds. The van der Waals surface area contributed by atoms with Gasteiger partial charge in [0.05, 0.1) is 0 Å². The minimum atomic E-state index is -2.94. The summed E-state index contributed by atoms with van der Waals surface area (Å²) >= 11 is 0. The number of nitrogens with zero attached hydrogens (tertiary/aromatic N) is 3. The second-order valence-electron chi connectivity index (χ2n) is 2.07. The van der Waals surface area contributed by atoms with E-state index < -0.39 is 18.4 Å². The van der Waals surface area contributed by atoms with E-state index in [2.05, 4.69) is 20.0 Å². The third kappa shape index (κ3) is 2.19. The molecule has 1 atom stereocenters. The first-order valence-electron chi connectivity index (χ1n) is 2.76. The van der Waals surface area contributed by atoms with Gasteiger partial charge in [0.2, 0.25) is 5.79 Å². The van der Waals surface area contributed by atoms with Crippen LogP contribution in [-0.2, 0) is 4.74 Å². The Morgan fingerprint density at radius 3 is 2.64 bits per heavy atom. The Balaban J connectivity index is 2.58. The van der Waals surface area contributed by atoms with Gasteiger partial charge in [0, 0.05) is 0 Å². The number of amidine groups is 1. The standard InChI is InChI=1S/C4H6F2N4O/c1-4(7)8-3(9-10-4)11-2(5)6/h2H,7H2,1H3. The number of hydrogen-bond donors (Lipinski definition) is 1. The Morgan fingerprint density at radius 1 is 1.64 bits per heavy atom. The van der Waals surface area contributed by atoms with Crippen molar-refractivity contribution in [2.45, 2.75) is 19.3 Å². The van der Waals surface area contributed by atoms with Gasteiger partial charge in [-0.1, -0.05) is 5.11 Å². The topological polar surface area (TPSA) is 72.3 Å². The van der Waals surface area contributed by atoms with Crippen LogP contribution in [0.25, 0.3) is 0 Å². The van der Waals surface area contributed by atoms with Crippen LogP contribution in [-0.4, -0.2) is 18.4 Å². The van der Waals surface area contributed by atoms with Crippen LogP contribution in [0.2, 0.25) is 0 Å². The van der Waals surface area contributed by atoms with Crippen LogP contribution in [0.15, 0.2) is 15.2 Å². The van der Waals surface area contributed by atoms with Crippen molar-refractivity contribution >= 4 is 6.02 Å². The molecule has 1 unspecified atom stereocenters. The summed E-state index contributed by atoms with van der Waals surface area (Å²) in [5, 5.41) is 6.52. The highest BCUT2D eigenvalue weighted by Crippen LogP contribution is 2.14. The maximum Gasteiger partial charge on any atom is 0.389 e. The number of halogens is 2. The van der Waals surface area contributed by atoms with Gasteiger partial charge in [-0.3, -0.25) is 5.73 Å². The van der Waals surface area contributed by atoms with E-state index >= 15 is 0 Å². The summed E-state index contributed by atoms with van der Waals surface area (Å²) < 4.78 is 26.8. The van der Waals surface area contributed by atoms with Crippen molar-refractivity contribution in [1.29, 1.82) is 0 Å². The van der Waals surface area contributed by atoms with Crippen molar-refractivity contribution in [2.75, 3.05) is 0 Å². The molecule has 0 aliphatic carbocycles. The SMILES string of the molecule is CC1(N)N=NC(OC(F)F)=N1. The van der Waals surface area contributed by atoms with E-state index in [0.29, 0.717) is 0 Å². The molecule has 11 heavy (non-hydrogen) atoms. The van der Waals surface area contributed by atoms with Gasteiger partial charge >= 0.3 is 12.6 Å². The van der Waals surface area contributed by atoms with E-state index in [1.54, 1.807) is 0 Å². The average molecular weight is 164 g/mol. The third-order valence-corrected chi connectivity index (χ3v) is 0.854. The molecule has 0 fully saturated rings. The summed E-state index contributed by atoms with van der Waals surface area (Å²) in [4.78, 5) is 3.42. The van der Waals surface area contributed by atoms with Gasteiger partial charge in [0.25, 0.3) is 0 Å². The van der Waals surface area contributed by atoms with Gasteiger partial charge in [-0.2, -0.15) is 13.8 Å². The van der Waals surface area contributed by atoms with E-state index in [-0.39, 0.29) is 0 Å². The first-order chi connectivity index (χ1) is 4.99. The van der Waals surface area contributed by atoms with E-state index in [4.69, 9.17) is 5.73 Å². The maximum absolute atomic E-state index is 11.5. The summed E-state index contributed by atoms with van der Waals surface area (Å²) in [6.45, 7) is -1.53. The second-order valence-corrected chi connectivity index (χ2v) is 2.07. The van der Waals surface area contributed by atoms with Crippen molar-refractivity contribution in [3.8, 4) is 0 Å². The molecule has 1 aliphatic heterocycles. The van der Waals surface area contributed by atoms with Crippen LogP contribution in [0.1, 0.15) is 6.92 Å². The largest absolute Gasteiger partial charge is 0.400 e. The molecule has 1 rings (SSSR count). The molecule has 1 heterocycles. The molecule has 0 aromatic rings. The van der Waals surface area contributed by atoms with Gasteiger partial charge in [-0.05, 0) is 6.92 Å². The quantitative estimate of drug-likeness (QED) is 0.618. The van der Waals surface area contributed by atoms with Gasteiger partial charge in [-0.15, -0.1) is 5.11 Å². The summed E-state index contributed by atoms with van der Waals surface area (Å²) in [5.41, 5.74) is 5.27. The second kappa shape index (κ2) is 2.50. The Hall–Kier alpha value is -1.11. The zero-order valence-electron chi connectivity index (χ0n) is 5.66. The number of azo groups is 1. The molecule has 5 nitrogen and oxygen atoms in total. The maximum atomic E-state index is 11.5. The fourth-order valence-corrected chi connectivity index (χ4v) is 0.512. The number of rotatable bonds is 1. The predicted molar refractivity (Wildman–Crippen MR) is 32.0 cm³/mol. The lowest BCUT2D eigenvalue weighted by Gasteiger charge is -2.04. The number of alkyl halides is 2. The summed E-state index contributed by atoms with van der Waals surface area (Å²) in [6.07, 6.45) is 0. The lowest BCUT2D eigenvalue weighted by Crippen LogP contribution is -2.29. The first-order valence-corrected chi connectivity index (χ1v) is 2.76. The zero-order valence-corrected chi connectivity index (χ0v) is 5.66. The normalized spacial score (nSPS) is 29.4. The van der Waals surface area contributed by atoms with Crippen LogP contribution in [0.3, 0.4) is 0 Å². The van der Waals surface area contributed by atoms with E-state index in [0.717, 1.165) is 0 Å². The smallest absolute Gasteiger partial charge is 0.389 e. The predicted octanol–water partition coefficient (Wildman–Crippen LogP) is 0.680. The van der Waals surface area contributed by atoms with Crippen LogP contribution in [0, 0.1) is 0 Å². The zero-order chi connectivity index (χ0) is 8.48. The van der Waals surface area contributed by atoms with Gasteiger partial charge in [0.15, 0.2) is 0 Å². The minimum Gasteiger partial charge on any atom is -0.400 e. The van der Waals surface area contributed by atoms with Gasteiger partial charge < -0.3 is 4.74 Å². The van der Waals surface area contributed by atoms with Crippen molar-refractivity contribution in [2.24, 2.45) is 21.0 Å². The Kier molecular flexibility index (Phi) is 1.81. The van der Waals surface area contributed by atoms with Crippen molar-refractivity contribution in [3.63, 3.8) is 0 Å². The Morgan fingerprint density at radius 2 is 2.27 bits per heavy atom. The minimum absolute atomic E-state index is 0.481. The third-order valence-electron chi connectivity index (χ3n) is 0.854. The number of aliphatic imine (C=N–C) groups is 1. The molecule has 0 aromatic carbocycles. The molecule has 7 heteroatoms. The number of ether oxygens (including phenoxy) is 1. The molecule has 2 N–H and O–H groups in total. The number of nitrogens with two attached hydrogens (primary N) is 1. The van der Waals surface area contributed by atoms with Crippen LogP contribution in [0.4, 0.5) is 8.78 Å². The first kappa shape index (κ1) is 7.99. The highest BCUT2D eigenvalue weighted by atomic mass is 19.3. The fourth-order valence-electron chi connectivity index (χ4n) is 0.512. The average Bonchev–Trinajstić information content (AvgIpc) is 2.08. The Bertz CT molecular complexity index is 212. The van der Waals surface area contributed by atoms with Crippen molar-refractivity contribution in [1.82, 2.24) is 0 Å². The monoisotopic (exact) mass is 164 g/mol. The highest BCUT2D eigenvalue weighted by Gasteiger charge is 2.25. The van der Waals surface area contributed by atoms with E-state index in [9.17, 15) is 8.78 Å². The molecule has 0 saturated heterocycles. The molecule has 0 spiro atoms. The van der Waals surface area contributed by atoms with Crippen molar-refractivity contribution < 1.29 is 13.5 Å². The molecule has 0 radical (unpaired) electrons. The summed E-state index contributed by atoms with van der Waals surface area (Å²) in [5.74, 6) is -1.26. The summed E-state index contributed by atoms with van der Waals surface area (Å²) in [7, 11) is 0. The Labute approximate surface area is 61.0 Å². The highest BCUT2D eigenvalue weighted by molar-refractivity contribution is 5.75. The lowest BCUT2D eigenvalue weighted by atomic mass is 10.5.